The maximum atomic E-state index is 11.5. The summed E-state index contributed by atoms with van der Waals surface area (Å²) in [7, 11) is 0. The molecule has 0 radical (unpaired) electrons. The maximum Gasteiger partial charge on any atom is 0.258 e. The first-order chi connectivity index (χ1) is 6.68. The van der Waals surface area contributed by atoms with Crippen LogP contribution in [0.4, 0.5) is 0 Å². The molecule has 0 saturated heterocycles. The van der Waals surface area contributed by atoms with Crippen LogP contribution in [0.25, 0.3) is 0 Å². The van der Waals surface area contributed by atoms with E-state index in [1.165, 1.54) is 0 Å². The number of carbonyl (C=O) groups is 2. The number of amides is 1. The average molecular weight is 191 g/mol. The fraction of sp³-hybridized carbons (Fsp3) is 0.200. The zero-order valence-corrected chi connectivity index (χ0v) is 7.40. The lowest BCUT2D eigenvalue weighted by Gasteiger charge is -2.22. The van der Waals surface area contributed by atoms with E-state index in [-0.39, 0.29) is 12.2 Å². The van der Waals surface area contributed by atoms with Crippen molar-refractivity contribution in [2.24, 2.45) is 5.73 Å². The van der Waals surface area contributed by atoms with Crippen molar-refractivity contribution in [2.45, 2.75) is 12.5 Å². The number of ketones is 1. The average Bonchev–Trinajstić information content (AvgIpc) is 2.17. The largest absolute Gasteiger partial charge is 0.479 e. The Bertz CT molecular complexity index is 400. The summed E-state index contributed by atoms with van der Waals surface area (Å²) in [6, 6.07) is 6.83. The molecule has 4 heteroatoms. The van der Waals surface area contributed by atoms with Crippen molar-refractivity contribution in [3.8, 4) is 5.75 Å². The van der Waals surface area contributed by atoms with E-state index in [9.17, 15) is 9.59 Å². The van der Waals surface area contributed by atoms with E-state index < -0.39 is 12.0 Å². The predicted octanol–water partition coefficient (Wildman–Crippen LogP) is 0.506. The van der Waals surface area contributed by atoms with Gasteiger partial charge in [0.1, 0.15) is 5.75 Å². The second kappa shape index (κ2) is 3.14. The Morgan fingerprint density at radius 2 is 2.14 bits per heavy atom. The van der Waals surface area contributed by atoms with Crippen LogP contribution in [0.2, 0.25) is 0 Å². The van der Waals surface area contributed by atoms with E-state index >= 15 is 0 Å². The summed E-state index contributed by atoms with van der Waals surface area (Å²) in [5.41, 5.74) is 5.59. The fourth-order valence-corrected chi connectivity index (χ4v) is 1.43. The molecule has 0 fully saturated rings. The van der Waals surface area contributed by atoms with Crippen LogP contribution in [0.3, 0.4) is 0 Å². The second-order valence-corrected chi connectivity index (χ2v) is 3.13. The summed E-state index contributed by atoms with van der Waals surface area (Å²) in [6.07, 6.45) is -0.788. The number of nitrogens with two attached hydrogens (primary N) is 1. The molecule has 72 valence electrons. The van der Waals surface area contributed by atoms with Gasteiger partial charge >= 0.3 is 0 Å². The Hall–Kier alpha value is -1.84. The zero-order chi connectivity index (χ0) is 10.1. The predicted molar refractivity (Wildman–Crippen MR) is 49.0 cm³/mol. The normalized spacial score (nSPS) is 19.7. The Labute approximate surface area is 80.7 Å². The third-order valence-corrected chi connectivity index (χ3v) is 2.14. The monoisotopic (exact) mass is 191 g/mol. The maximum absolute atomic E-state index is 11.5. The van der Waals surface area contributed by atoms with Crippen LogP contribution in [-0.4, -0.2) is 17.8 Å². The van der Waals surface area contributed by atoms with Crippen LogP contribution >= 0.6 is 0 Å². The van der Waals surface area contributed by atoms with Crippen LogP contribution in [0.5, 0.6) is 5.75 Å². The first kappa shape index (κ1) is 8.74. The van der Waals surface area contributed by atoms with Crippen molar-refractivity contribution < 1.29 is 14.3 Å². The van der Waals surface area contributed by atoms with Gasteiger partial charge in [-0.25, -0.2) is 0 Å². The number of rotatable bonds is 1. The number of benzene rings is 1. The van der Waals surface area contributed by atoms with Gasteiger partial charge in [0, 0.05) is 0 Å². The van der Waals surface area contributed by atoms with E-state index in [1.807, 2.05) is 0 Å². The van der Waals surface area contributed by atoms with E-state index in [4.69, 9.17) is 10.5 Å². The van der Waals surface area contributed by atoms with Gasteiger partial charge in [0.2, 0.25) is 0 Å². The molecular formula is C10H9NO3. The van der Waals surface area contributed by atoms with Crippen LogP contribution in [0.1, 0.15) is 16.8 Å². The summed E-state index contributed by atoms with van der Waals surface area (Å²) in [4.78, 5) is 22.4. The number of hydrogen-bond acceptors (Lipinski definition) is 3. The van der Waals surface area contributed by atoms with Gasteiger partial charge in [0.25, 0.3) is 5.91 Å². The van der Waals surface area contributed by atoms with Crippen LogP contribution in [0.15, 0.2) is 24.3 Å². The molecule has 2 rings (SSSR count). The van der Waals surface area contributed by atoms with Gasteiger partial charge in [-0.2, -0.15) is 0 Å². The van der Waals surface area contributed by atoms with Gasteiger partial charge in [-0.05, 0) is 12.1 Å². The highest BCUT2D eigenvalue weighted by Crippen LogP contribution is 2.26. The lowest BCUT2D eigenvalue weighted by molar-refractivity contribution is -0.124. The van der Waals surface area contributed by atoms with Crippen LogP contribution < -0.4 is 10.5 Å². The van der Waals surface area contributed by atoms with Crippen LogP contribution in [0, 0.1) is 0 Å². The molecule has 1 unspecified atom stereocenters. The van der Waals surface area contributed by atoms with E-state index in [0.717, 1.165) is 0 Å². The Kier molecular flexibility index (Phi) is 1.96. The Morgan fingerprint density at radius 1 is 1.43 bits per heavy atom. The Balaban J connectivity index is 2.38. The lowest BCUT2D eigenvalue weighted by atomic mass is 10.0. The van der Waals surface area contributed by atoms with Gasteiger partial charge in [0.05, 0.1) is 12.0 Å². The summed E-state index contributed by atoms with van der Waals surface area (Å²) < 4.78 is 5.27. The first-order valence-corrected chi connectivity index (χ1v) is 4.26. The summed E-state index contributed by atoms with van der Waals surface area (Å²) in [6.45, 7) is 0. The molecule has 0 aromatic heterocycles. The zero-order valence-electron chi connectivity index (χ0n) is 7.40. The molecule has 0 aliphatic carbocycles. The molecule has 0 bridgehead atoms. The van der Waals surface area contributed by atoms with Crippen molar-refractivity contribution in [1.29, 1.82) is 0 Å². The molecule has 1 atom stereocenters. The first-order valence-electron chi connectivity index (χ1n) is 4.26. The highest BCUT2D eigenvalue weighted by molar-refractivity contribution is 6.02. The molecule has 1 aromatic carbocycles. The van der Waals surface area contributed by atoms with Crippen molar-refractivity contribution >= 4 is 11.7 Å². The van der Waals surface area contributed by atoms with Crippen molar-refractivity contribution in [2.75, 3.05) is 0 Å². The number of carbonyl (C=O) groups excluding carboxylic acids is 2. The van der Waals surface area contributed by atoms with E-state index in [1.54, 1.807) is 24.3 Å². The summed E-state index contributed by atoms with van der Waals surface area (Å²) in [5, 5.41) is 0. The molecule has 0 spiro atoms. The number of ether oxygens (including phenoxy) is 1. The van der Waals surface area contributed by atoms with Crippen molar-refractivity contribution in [1.82, 2.24) is 0 Å². The van der Waals surface area contributed by atoms with Crippen molar-refractivity contribution in [3.05, 3.63) is 29.8 Å². The fourth-order valence-electron chi connectivity index (χ4n) is 1.43. The highest BCUT2D eigenvalue weighted by Gasteiger charge is 2.29. The number of para-hydroxylation sites is 1. The van der Waals surface area contributed by atoms with Crippen molar-refractivity contribution in [3.63, 3.8) is 0 Å². The van der Waals surface area contributed by atoms with Gasteiger partial charge in [-0.1, -0.05) is 12.1 Å². The standard InChI is InChI=1S/C10H9NO3/c11-10(13)9-5-7(12)6-3-1-2-4-8(6)14-9/h1-4,9H,5H2,(H2,11,13). The molecule has 14 heavy (non-hydrogen) atoms. The third-order valence-electron chi connectivity index (χ3n) is 2.14. The molecule has 1 aromatic rings. The van der Waals surface area contributed by atoms with Gasteiger partial charge in [-0.15, -0.1) is 0 Å². The van der Waals surface area contributed by atoms with Gasteiger partial charge in [-0.3, -0.25) is 9.59 Å². The van der Waals surface area contributed by atoms with Gasteiger partial charge in [0.15, 0.2) is 11.9 Å². The number of hydrogen-bond donors (Lipinski definition) is 1. The topological polar surface area (TPSA) is 69.4 Å². The summed E-state index contributed by atoms with van der Waals surface area (Å²) >= 11 is 0. The minimum absolute atomic E-state index is 0.0341. The second-order valence-electron chi connectivity index (χ2n) is 3.13. The molecule has 1 aliphatic rings. The minimum atomic E-state index is -0.822. The summed E-state index contributed by atoms with van der Waals surface area (Å²) in [5.74, 6) is -0.268. The smallest absolute Gasteiger partial charge is 0.258 e. The number of primary amides is 1. The Morgan fingerprint density at radius 3 is 2.86 bits per heavy atom. The van der Waals surface area contributed by atoms with Crippen LogP contribution in [-0.2, 0) is 4.79 Å². The number of Topliss-reactive ketones (excluding diaryl/α,β-unsaturated/α-hetero) is 1. The molecule has 4 nitrogen and oxygen atoms in total. The number of fused-ring (bicyclic) bond motifs is 1. The molecule has 1 heterocycles. The quantitative estimate of drug-likeness (QED) is 0.702. The molecular weight excluding hydrogens is 182 g/mol. The molecule has 1 amide bonds. The van der Waals surface area contributed by atoms with E-state index in [0.29, 0.717) is 11.3 Å². The molecule has 0 saturated carbocycles. The SMILES string of the molecule is NC(=O)C1CC(=O)c2ccccc2O1. The third kappa shape index (κ3) is 1.35. The molecule has 1 aliphatic heterocycles. The highest BCUT2D eigenvalue weighted by atomic mass is 16.5. The van der Waals surface area contributed by atoms with Gasteiger partial charge < -0.3 is 10.5 Å². The molecule has 2 N–H and O–H groups in total. The minimum Gasteiger partial charge on any atom is -0.479 e. The van der Waals surface area contributed by atoms with E-state index in [2.05, 4.69) is 0 Å². The lowest BCUT2D eigenvalue weighted by Crippen LogP contribution is -2.38.